The zero-order valence-corrected chi connectivity index (χ0v) is 15.6. The fraction of sp³-hybridized carbons (Fsp3) is 0.450. The van der Waals surface area contributed by atoms with Crippen molar-refractivity contribution >= 4 is 17.2 Å². The number of hydrogen-bond donors (Lipinski definition) is 2. The average molecular weight is 367 g/mol. The first kappa shape index (κ1) is 17.7. The van der Waals surface area contributed by atoms with E-state index in [4.69, 9.17) is 20.6 Å². The van der Waals surface area contributed by atoms with Crippen LogP contribution in [0.25, 0.3) is 0 Å². The highest BCUT2D eigenvalue weighted by Gasteiger charge is 2.47. The van der Waals surface area contributed by atoms with E-state index in [0.717, 1.165) is 18.9 Å². The van der Waals surface area contributed by atoms with Gasteiger partial charge in [0.25, 0.3) is 0 Å². The topological polar surface area (TPSA) is 97.4 Å². The minimum atomic E-state index is 0.272. The van der Waals surface area contributed by atoms with Crippen LogP contribution in [0.1, 0.15) is 30.5 Å². The molecular weight excluding hydrogens is 342 g/mol. The minimum Gasteiger partial charge on any atom is -0.491 e. The molecular formula is C20H25N5O2. The van der Waals surface area contributed by atoms with Crippen molar-refractivity contribution in [1.29, 1.82) is 5.41 Å². The number of nitrogens with zero attached hydrogens (tertiary/aromatic N) is 3. The van der Waals surface area contributed by atoms with Gasteiger partial charge in [-0.3, -0.25) is 5.41 Å². The number of hydrogen-bond acceptors (Lipinski definition) is 7. The molecule has 2 fully saturated rings. The molecule has 1 saturated heterocycles. The third-order valence-corrected chi connectivity index (χ3v) is 5.48. The quantitative estimate of drug-likeness (QED) is 0.443. The lowest BCUT2D eigenvalue weighted by molar-refractivity contribution is 0.146. The first-order valence-electron chi connectivity index (χ1n) is 9.28. The third kappa shape index (κ3) is 3.73. The molecule has 3 N–H and O–H groups in total. The van der Waals surface area contributed by atoms with Gasteiger partial charge in [0.05, 0.1) is 18.0 Å². The Bertz CT molecular complexity index is 850. The summed E-state index contributed by atoms with van der Waals surface area (Å²) in [5.74, 6) is 1.55. The monoisotopic (exact) mass is 367 g/mol. The number of nitrogens with two attached hydrogens (primary N) is 1. The second-order valence-electron chi connectivity index (χ2n) is 7.40. The zero-order chi connectivity index (χ0) is 18.9. The van der Waals surface area contributed by atoms with Gasteiger partial charge in [-0.2, -0.15) is 0 Å². The molecule has 2 aromatic rings. The Balaban J connectivity index is 1.54. The summed E-state index contributed by atoms with van der Waals surface area (Å²) in [5.41, 5.74) is 8.61. The summed E-state index contributed by atoms with van der Waals surface area (Å²) in [6.07, 6.45) is 5.41. The van der Waals surface area contributed by atoms with Gasteiger partial charge in [-0.05, 0) is 42.9 Å². The Hall–Kier alpha value is -2.67. The van der Waals surface area contributed by atoms with Gasteiger partial charge < -0.3 is 20.1 Å². The van der Waals surface area contributed by atoms with Gasteiger partial charge in [-0.1, -0.05) is 0 Å². The van der Waals surface area contributed by atoms with Crippen molar-refractivity contribution in [3.8, 4) is 5.75 Å². The normalized spacial score (nSPS) is 17.3. The Morgan fingerprint density at radius 1 is 1.22 bits per heavy atom. The first-order chi connectivity index (χ1) is 13.1. The number of aromatic nitrogens is 2. The Kier molecular flexibility index (Phi) is 4.70. The molecule has 1 aromatic carbocycles. The molecule has 7 heteroatoms. The van der Waals surface area contributed by atoms with Gasteiger partial charge in [-0.25, -0.2) is 9.97 Å². The van der Waals surface area contributed by atoms with Crippen LogP contribution in [0.4, 0.5) is 11.5 Å². The minimum absolute atomic E-state index is 0.272. The van der Waals surface area contributed by atoms with Crippen LogP contribution in [0.5, 0.6) is 5.75 Å². The largest absolute Gasteiger partial charge is 0.491 e. The van der Waals surface area contributed by atoms with Crippen LogP contribution in [0.2, 0.25) is 0 Å². The fourth-order valence-corrected chi connectivity index (χ4v) is 3.59. The number of methoxy groups -OCH3 is 1. The van der Waals surface area contributed by atoms with Gasteiger partial charge in [-0.15, -0.1) is 0 Å². The van der Waals surface area contributed by atoms with Gasteiger partial charge in [0.2, 0.25) is 0 Å². The van der Waals surface area contributed by atoms with E-state index in [-0.39, 0.29) is 5.71 Å². The smallest absolute Gasteiger partial charge is 0.132 e. The van der Waals surface area contributed by atoms with Crippen LogP contribution in [0.3, 0.4) is 0 Å². The molecule has 7 nitrogen and oxygen atoms in total. The molecule has 2 aliphatic rings. The molecule has 2 heterocycles. The third-order valence-electron chi connectivity index (χ3n) is 5.48. The van der Waals surface area contributed by atoms with E-state index >= 15 is 0 Å². The number of ether oxygens (including phenoxy) is 2. The number of nitrogen functional groups attached to an aromatic ring is 1. The Morgan fingerprint density at radius 2 is 2.07 bits per heavy atom. The summed E-state index contributed by atoms with van der Waals surface area (Å²) in [4.78, 5) is 11.0. The number of benzene rings is 1. The van der Waals surface area contributed by atoms with Crippen LogP contribution >= 0.6 is 0 Å². The summed E-state index contributed by atoms with van der Waals surface area (Å²) in [5, 5.41) is 8.61. The van der Waals surface area contributed by atoms with Crippen LogP contribution < -0.4 is 15.4 Å². The predicted octanol–water partition coefficient (Wildman–Crippen LogP) is 2.49. The van der Waals surface area contributed by atoms with Crippen molar-refractivity contribution in [2.24, 2.45) is 5.41 Å². The molecule has 1 aromatic heterocycles. The van der Waals surface area contributed by atoms with Crippen LogP contribution in [0.15, 0.2) is 30.6 Å². The van der Waals surface area contributed by atoms with Crippen LogP contribution in [-0.2, 0) is 4.74 Å². The van der Waals surface area contributed by atoms with Gasteiger partial charge >= 0.3 is 0 Å². The molecule has 0 radical (unpaired) electrons. The van der Waals surface area contributed by atoms with E-state index in [1.807, 2.05) is 6.07 Å². The lowest BCUT2D eigenvalue weighted by atomic mass is 10.0. The lowest BCUT2D eigenvalue weighted by Crippen LogP contribution is -2.22. The Labute approximate surface area is 159 Å². The molecule has 0 bridgehead atoms. The Morgan fingerprint density at radius 3 is 2.81 bits per heavy atom. The highest BCUT2D eigenvalue weighted by Crippen LogP contribution is 2.53. The van der Waals surface area contributed by atoms with Crippen molar-refractivity contribution < 1.29 is 9.47 Å². The fourth-order valence-electron chi connectivity index (χ4n) is 3.59. The molecule has 1 aliphatic carbocycles. The molecule has 4 rings (SSSR count). The number of anilines is 2. The van der Waals surface area contributed by atoms with E-state index in [0.29, 0.717) is 41.3 Å². The number of rotatable bonds is 7. The van der Waals surface area contributed by atoms with E-state index < -0.39 is 0 Å². The average Bonchev–Trinajstić information content (AvgIpc) is 3.31. The first-order valence-corrected chi connectivity index (χ1v) is 9.28. The van der Waals surface area contributed by atoms with Crippen molar-refractivity contribution in [2.45, 2.75) is 19.3 Å². The van der Waals surface area contributed by atoms with Crippen molar-refractivity contribution in [2.75, 3.05) is 44.0 Å². The maximum absolute atomic E-state index is 8.61. The van der Waals surface area contributed by atoms with E-state index in [1.54, 1.807) is 25.3 Å². The molecule has 0 atom stereocenters. The maximum atomic E-state index is 8.61. The molecule has 1 aliphatic heterocycles. The van der Waals surface area contributed by atoms with Gasteiger partial charge in [0.15, 0.2) is 0 Å². The second-order valence-corrected chi connectivity index (χ2v) is 7.40. The highest BCUT2D eigenvalue weighted by atomic mass is 16.5. The maximum Gasteiger partial charge on any atom is 0.132 e. The predicted molar refractivity (Wildman–Crippen MR) is 105 cm³/mol. The summed E-state index contributed by atoms with van der Waals surface area (Å²) in [6.45, 7) is 3.03. The molecule has 1 spiro atoms. The summed E-state index contributed by atoms with van der Waals surface area (Å²) in [6, 6.07) is 7.23. The van der Waals surface area contributed by atoms with Crippen LogP contribution in [-0.4, -0.2) is 49.1 Å². The van der Waals surface area contributed by atoms with E-state index in [9.17, 15) is 0 Å². The van der Waals surface area contributed by atoms with Crippen molar-refractivity contribution in [1.82, 2.24) is 9.97 Å². The number of nitrogens with one attached hydrogen (secondary N) is 1. The zero-order valence-electron chi connectivity index (χ0n) is 15.6. The molecule has 27 heavy (non-hydrogen) atoms. The SMILES string of the molecule is COCCOc1ccc(N)c(C(=N)c2cc(N3CCC4(CC4)C3)ncn2)c1. The summed E-state index contributed by atoms with van der Waals surface area (Å²) < 4.78 is 10.6. The highest BCUT2D eigenvalue weighted by molar-refractivity contribution is 6.13. The van der Waals surface area contributed by atoms with E-state index in [2.05, 4.69) is 14.9 Å². The standard InChI is InChI=1S/C20H25N5O2/c1-26-8-9-27-14-2-3-16(21)15(10-14)19(22)17-11-18(24-13-23-17)25-7-6-20(12-25)4-5-20/h2-3,10-11,13,22H,4-9,12,21H2,1H3. The summed E-state index contributed by atoms with van der Waals surface area (Å²) in [7, 11) is 1.63. The van der Waals surface area contributed by atoms with Gasteiger partial charge in [0, 0.05) is 37.5 Å². The molecule has 0 unspecified atom stereocenters. The van der Waals surface area contributed by atoms with Crippen molar-refractivity contribution in [3.63, 3.8) is 0 Å². The van der Waals surface area contributed by atoms with Crippen molar-refractivity contribution in [3.05, 3.63) is 41.9 Å². The van der Waals surface area contributed by atoms with Crippen LogP contribution in [0, 0.1) is 10.8 Å². The second kappa shape index (κ2) is 7.15. The lowest BCUT2D eigenvalue weighted by Gasteiger charge is -2.18. The van der Waals surface area contributed by atoms with Gasteiger partial charge in [0.1, 0.15) is 24.5 Å². The molecule has 142 valence electrons. The molecule has 1 saturated carbocycles. The molecule has 0 amide bonds. The van der Waals surface area contributed by atoms with E-state index in [1.165, 1.54) is 25.6 Å². The summed E-state index contributed by atoms with van der Waals surface area (Å²) >= 11 is 0.